The molecule has 0 N–H and O–H groups in total. The lowest BCUT2D eigenvalue weighted by Gasteiger charge is -2.15. The first-order valence-corrected chi connectivity index (χ1v) is 9.82. The molecule has 0 atom stereocenters. The number of fused-ring (bicyclic) bond motifs is 3. The summed E-state index contributed by atoms with van der Waals surface area (Å²) >= 11 is 6.03. The average Bonchev–Trinajstić information content (AvgIpc) is 3.19. The first kappa shape index (κ1) is 18.5. The number of nitrogens with zero attached hydrogens (tertiary/aromatic N) is 4. The Morgan fingerprint density at radius 1 is 0.933 bits per heavy atom. The molecular formula is C23H17ClN4O2. The van der Waals surface area contributed by atoms with Crippen LogP contribution in [0.5, 0.6) is 0 Å². The second kappa shape index (κ2) is 6.50. The fraction of sp³-hybridized carbons (Fsp3) is 0.130. The Labute approximate surface area is 177 Å². The minimum Gasteiger partial charge on any atom is -0.268 e. The highest BCUT2D eigenvalue weighted by atomic mass is 35.5. The summed E-state index contributed by atoms with van der Waals surface area (Å²) in [6, 6.07) is 12.8. The van der Waals surface area contributed by atoms with Crippen LogP contribution < -0.4 is 4.90 Å². The maximum atomic E-state index is 13.5. The van der Waals surface area contributed by atoms with E-state index in [-0.39, 0.29) is 17.4 Å². The van der Waals surface area contributed by atoms with Crippen LogP contribution in [0, 0.1) is 13.8 Å². The van der Waals surface area contributed by atoms with E-state index in [0.29, 0.717) is 33.0 Å². The summed E-state index contributed by atoms with van der Waals surface area (Å²) in [5, 5.41) is 5.76. The van der Waals surface area contributed by atoms with Gasteiger partial charge in [-0.2, -0.15) is 5.10 Å². The van der Waals surface area contributed by atoms with Gasteiger partial charge in [-0.15, -0.1) is 0 Å². The lowest BCUT2D eigenvalue weighted by Crippen LogP contribution is -2.29. The van der Waals surface area contributed by atoms with Gasteiger partial charge in [0.2, 0.25) is 0 Å². The summed E-state index contributed by atoms with van der Waals surface area (Å²) in [6.45, 7) is 3.94. The molecule has 0 saturated heterocycles. The van der Waals surface area contributed by atoms with E-state index in [2.05, 4.69) is 10.1 Å². The summed E-state index contributed by atoms with van der Waals surface area (Å²) in [4.78, 5) is 32.3. The zero-order valence-corrected chi connectivity index (χ0v) is 17.4. The Hall–Kier alpha value is -3.51. The number of anilines is 1. The topological polar surface area (TPSA) is 68.1 Å². The molecule has 0 fully saturated rings. The third kappa shape index (κ3) is 2.57. The molecule has 0 aliphatic carbocycles. The molecule has 6 nitrogen and oxygen atoms in total. The number of halogens is 1. The first-order chi connectivity index (χ1) is 14.4. The number of imide groups is 1. The van der Waals surface area contributed by atoms with Gasteiger partial charge in [-0.1, -0.05) is 29.8 Å². The second-order valence-corrected chi connectivity index (χ2v) is 7.88. The average molecular weight is 417 g/mol. The molecule has 2 amide bonds. The van der Waals surface area contributed by atoms with Gasteiger partial charge in [0.05, 0.1) is 22.2 Å². The van der Waals surface area contributed by atoms with Crippen LogP contribution in [0.4, 0.5) is 5.69 Å². The number of hydrogen-bond donors (Lipinski definition) is 0. The van der Waals surface area contributed by atoms with E-state index in [1.165, 1.54) is 11.1 Å². The lowest BCUT2D eigenvalue weighted by molar-refractivity contribution is 0.0926. The summed E-state index contributed by atoms with van der Waals surface area (Å²) < 4.78 is 1.62. The predicted octanol–water partition coefficient (Wildman–Crippen LogP) is 4.71. The molecule has 3 heterocycles. The maximum Gasteiger partial charge on any atom is 0.267 e. The monoisotopic (exact) mass is 416 g/mol. The number of benzene rings is 2. The quantitative estimate of drug-likeness (QED) is 0.444. The van der Waals surface area contributed by atoms with Gasteiger partial charge in [-0.25, -0.2) is 14.6 Å². The van der Waals surface area contributed by atoms with Crippen LogP contribution in [0.1, 0.15) is 31.8 Å². The Bertz CT molecular complexity index is 1370. The van der Waals surface area contributed by atoms with Crippen LogP contribution in [-0.4, -0.2) is 26.6 Å². The van der Waals surface area contributed by atoms with Gasteiger partial charge in [-0.3, -0.25) is 9.59 Å². The van der Waals surface area contributed by atoms with E-state index < -0.39 is 0 Å². The van der Waals surface area contributed by atoms with Crippen molar-refractivity contribution in [3.8, 4) is 11.3 Å². The molecule has 0 spiro atoms. The smallest absolute Gasteiger partial charge is 0.267 e. The van der Waals surface area contributed by atoms with Gasteiger partial charge in [0.1, 0.15) is 5.69 Å². The molecule has 0 saturated carbocycles. The van der Waals surface area contributed by atoms with Crippen LogP contribution in [0.15, 0.2) is 48.7 Å². The molecule has 7 heteroatoms. The highest BCUT2D eigenvalue weighted by Gasteiger charge is 2.40. The van der Waals surface area contributed by atoms with Crippen molar-refractivity contribution < 1.29 is 9.59 Å². The molecule has 4 aromatic rings. The second-order valence-electron chi connectivity index (χ2n) is 7.44. The highest BCUT2D eigenvalue weighted by Crippen LogP contribution is 2.37. The SMILES string of the molecule is Cc1ccc(N2C(=O)c3cnc4c(c(-c5ccc(Cl)cc5)nn4C)c3C2=O)cc1C. The number of aryl methyl sites for hydroxylation is 3. The number of pyridine rings is 1. The van der Waals surface area contributed by atoms with Crippen molar-refractivity contribution >= 4 is 40.1 Å². The standard InChI is InChI=1S/C23H17ClN4O2/c1-12-4-9-16(10-13(12)2)28-22(29)17-11-25-21-19(18(17)23(28)30)20(26-27(21)3)14-5-7-15(24)8-6-14/h4-11H,1-3H3. The summed E-state index contributed by atoms with van der Waals surface area (Å²) in [5.41, 5.74) is 5.21. The Morgan fingerprint density at radius 2 is 1.67 bits per heavy atom. The Morgan fingerprint density at radius 3 is 2.37 bits per heavy atom. The van der Waals surface area contributed by atoms with Crippen LogP contribution in [0.25, 0.3) is 22.3 Å². The van der Waals surface area contributed by atoms with Crippen molar-refractivity contribution in [1.29, 1.82) is 0 Å². The van der Waals surface area contributed by atoms with Gasteiger partial charge in [0.25, 0.3) is 11.8 Å². The fourth-order valence-corrected chi connectivity index (χ4v) is 3.96. The van der Waals surface area contributed by atoms with Crippen LogP contribution in [0.2, 0.25) is 5.02 Å². The van der Waals surface area contributed by atoms with E-state index in [4.69, 9.17) is 11.6 Å². The molecule has 2 aromatic carbocycles. The number of aromatic nitrogens is 3. The molecule has 0 unspecified atom stereocenters. The van der Waals surface area contributed by atoms with E-state index in [9.17, 15) is 9.59 Å². The molecule has 0 radical (unpaired) electrons. The van der Waals surface area contributed by atoms with Crippen molar-refractivity contribution in [3.05, 3.63) is 75.9 Å². The molecule has 2 aromatic heterocycles. The van der Waals surface area contributed by atoms with E-state index >= 15 is 0 Å². The summed E-state index contributed by atoms with van der Waals surface area (Å²) in [7, 11) is 1.77. The van der Waals surface area contributed by atoms with Gasteiger partial charge in [0, 0.05) is 23.8 Å². The van der Waals surface area contributed by atoms with E-state index in [1.54, 1.807) is 29.9 Å². The predicted molar refractivity (Wildman–Crippen MR) is 116 cm³/mol. The van der Waals surface area contributed by atoms with Gasteiger partial charge >= 0.3 is 0 Å². The molecule has 30 heavy (non-hydrogen) atoms. The molecular weight excluding hydrogens is 400 g/mol. The molecule has 1 aliphatic heterocycles. The zero-order valence-electron chi connectivity index (χ0n) is 16.6. The van der Waals surface area contributed by atoms with Gasteiger partial charge in [-0.05, 0) is 49.2 Å². The van der Waals surface area contributed by atoms with Crippen molar-refractivity contribution in [2.75, 3.05) is 4.90 Å². The minimum absolute atomic E-state index is 0.286. The van der Waals surface area contributed by atoms with Crippen molar-refractivity contribution in [1.82, 2.24) is 14.8 Å². The number of carbonyl (C=O) groups excluding carboxylic acids is 2. The van der Waals surface area contributed by atoms with Crippen LogP contribution >= 0.6 is 11.6 Å². The van der Waals surface area contributed by atoms with Crippen LogP contribution in [0.3, 0.4) is 0 Å². The first-order valence-electron chi connectivity index (χ1n) is 9.44. The molecule has 5 rings (SSSR count). The summed E-state index contributed by atoms with van der Waals surface area (Å²) in [6.07, 6.45) is 1.46. The molecule has 1 aliphatic rings. The third-order valence-electron chi connectivity index (χ3n) is 5.57. The number of hydrogen-bond acceptors (Lipinski definition) is 4. The normalized spacial score (nSPS) is 13.4. The fourth-order valence-electron chi connectivity index (χ4n) is 3.84. The van der Waals surface area contributed by atoms with Crippen LogP contribution in [-0.2, 0) is 7.05 Å². The largest absolute Gasteiger partial charge is 0.268 e. The van der Waals surface area contributed by atoms with Gasteiger partial charge < -0.3 is 0 Å². The Kier molecular flexibility index (Phi) is 4.01. The number of carbonyl (C=O) groups is 2. The minimum atomic E-state index is -0.376. The maximum absolute atomic E-state index is 13.5. The highest BCUT2D eigenvalue weighted by molar-refractivity contribution is 6.38. The Balaban J connectivity index is 1.75. The van der Waals surface area contributed by atoms with Crippen molar-refractivity contribution in [2.24, 2.45) is 7.05 Å². The lowest BCUT2D eigenvalue weighted by atomic mass is 10.0. The van der Waals surface area contributed by atoms with E-state index in [1.807, 2.05) is 38.1 Å². The van der Waals surface area contributed by atoms with Crippen molar-refractivity contribution in [3.63, 3.8) is 0 Å². The third-order valence-corrected chi connectivity index (χ3v) is 5.82. The summed E-state index contributed by atoms with van der Waals surface area (Å²) in [5.74, 6) is -0.743. The molecule has 148 valence electrons. The number of rotatable bonds is 2. The zero-order chi connectivity index (χ0) is 21.2. The number of amides is 2. The van der Waals surface area contributed by atoms with E-state index in [0.717, 1.165) is 16.7 Å². The van der Waals surface area contributed by atoms with Crippen molar-refractivity contribution in [2.45, 2.75) is 13.8 Å². The molecule has 0 bridgehead atoms. The van der Waals surface area contributed by atoms with Gasteiger partial charge in [0.15, 0.2) is 5.65 Å².